The first-order valence-electron chi connectivity index (χ1n) is 8.81. The normalized spacial score (nSPS) is 19.2. The lowest BCUT2D eigenvalue weighted by Crippen LogP contribution is -2.55. The third-order valence-corrected chi connectivity index (χ3v) is 5.05. The maximum Gasteiger partial charge on any atom is 0.253 e. The summed E-state index contributed by atoms with van der Waals surface area (Å²) in [5, 5.41) is 3.30. The number of hydrogen-bond donors (Lipinski definition) is 1. The molecule has 1 aromatic carbocycles. The van der Waals surface area contributed by atoms with Crippen molar-refractivity contribution in [2.45, 2.75) is 58.5 Å². The standard InChI is InChI=1S/C19H27ClN2O2/c1-4-14-9-7-8-12-22(14)19(24)17(13(2)3)21-18(23)15-10-5-6-11-16(15)20/h5-6,10-11,13-14,17H,4,7-9,12H2,1-3H3,(H,21,23). The number of halogens is 1. The molecule has 4 nitrogen and oxygen atoms in total. The van der Waals surface area contributed by atoms with Crippen LogP contribution in [0.4, 0.5) is 0 Å². The van der Waals surface area contributed by atoms with Gasteiger partial charge < -0.3 is 10.2 Å². The molecule has 0 bridgehead atoms. The van der Waals surface area contributed by atoms with Crippen LogP contribution in [0, 0.1) is 5.92 Å². The van der Waals surface area contributed by atoms with E-state index in [2.05, 4.69) is 12.2 Å². The van der Waals surface area contributed by atoms with Gasteiger partial charge in [-0.25, -0.2) is 0 Å². The average Bonchev–Trinajstić information content (AvgIpc) is 2.59. The minimum atomic E-state index is -0.527. The number of nitrogens with one attached hydrogen (secondary N) is 1. The smallest absolute Gasteiger partial charge is 0.253 e. The van der Waals surface area contributed by atoms with Gasteiger partial charge in [0, 0.05) is 12.6 Å². The number of carbonyl (C=O) groups excluding carboxylic acids is 2. The third kappa shape index (κ3) is 4.29. The highest BCUT2D eigenvalue weighted by Crippen LogP contribution is 2.22. The van der Waals surface area contributed by atoms with Gasteiger partial charge in [-0.15, -0.1) is 0 Å². The molecule has 0 saturated carbocycles. The van der Waals surface area contributed by atoms with Gasteiger partial charge in [-0.2, -0.15) is 0 Å². The molecule has 1 aromatic rings. The van der Waals surface area contributed by atoms with Crippen molar-refractivity contribution in [1.82, 2.24) is 10.2 Å². The average molecular weight is 351 g/mol. The lowest BCUT2D eigenvalue weighted by molar-refractivity contribution is -0.138. The maximum atomic E-state index is 13.0. The summed E-state index contributed by atoms with van der Waals surface area (Å²) in [6, 6.07) is 6.66. The van der Waals surface area contributed by atoms with Crippen molar-refractivity contribution in [2.75, 3.05) is 6.54 Å². The van der Waals surface area contributed by atoms with Gasteiger partial charge in [-0.3, -0.25) is 9.59 Å². The SMILES string of the molecule is CCC1CCCCN1C(=O)C(NC(=O)c1ccccc1Cl)C(C)C. The van der Waals surface area contributed by atoms with Crippen molar-refractivity contribution in [1.29, 1.82) is 0 Å². The van der Waals surface area contributed by atoms with Gasteiger partial charge in [-0.05, 0) is 43.7 Å². The Hall–Kier alpha value is -1.55. The fraction of sp³-hybridized carbons (Fsp3) is 0.579. The maximum absolute atomic E-state index is 13.0. The Morgan fingerprint density at radius 2 is 2.00 bits per heavy atom. The monoisotopic (exact) mass is 350 g/mol. The molecule has 2 rings (SSSR count). The zero-order valence-corrected chi connectivity index (χ0v) is 15.5. The predicted molar refractivity (Wildman–Crippen MR) is 97.2 cm³/mol. The molecule has 1 saturated heterocycles. The molecule has 1 aliphatic heterocycles. The van der Waals surface area contributed by atoms with Crippen LogP contribution >= 0.6 is 11.6 Å². The number of rotatable bonds is 5. The number of amides is 2. The van der Waals surface area contributed by atoms with Crippen molar-refractivity contribution in [3.8, 4) is 0 Å². The number of piperidine rings is 1. The third-order valence-electron chi connectivity index (χ3n) is 4.72. The van der Waals surface area contributed by atoms with Crippen LogP contribution in [0.3, 0.4) is 0 Å². The molecule has 24 heavy (non-hydrogen) atoms. The first-order valence-corrected chi connectivity index (χ1v) is 9.19. The van der Waals surface area contributed by atoms with Gasteiger partial charge in [0.25, 0.3) is 5.91 Å². The Labute approximate surface area is 149 Å². The quantitative estimate of drug-likeness (QED) is 0.875. The van der Waals surface area contributed by atoms with Crippen molar-refractivity contribution in [2.24, 2.45) is 5.92 Å². The number of likely N-dealkylation sites (tertiary alicyclic amines) is 1. The van der Waals surface area contributed by atoms with Crippen LogP contribution in [0.5, 0.6) is 0 Å². The van der Waals surface area contributed by atoms with E-state index in [9.17, 15) is 9.59 Å². The van der Waals surface area contributed by atoms with E-state index in [-0.39, 0.29) is 23.8 Å². The van der Waals surface area contributed by atoms with Crippen LogP contribution in [0.15, 0.2) is 24.3 Å². The first-order chi connectivity index (χ1) is 11.5. The molecule has 1 N–H and O–H groups in total. The van der Waals surface area contributed by atoms with Crippen LogP contribution in [-0.2, 0) is 4.79 Å². The van der Waals surface area contributed by atoms with E-state index >= 15 is 0 Å². The summed E-state index contributed by atoms with van der Waals surface area (Å²) in [6.45, 7) is 6.81. The molecule has 0 radical (unpaired) electrons. The zero-order valence-electron chi connectivity index (χ0n) is 14.7. The lowest BCUT2D eigenvalue weighted by atomic mass is 9.96. The zero-order chi connectivity index (χ0) is 17.7. The molecular formula is C19H27ClN2O2. The first kappa shape index (κ1) is 18.8. The summed E-state index contributed by atoms with van der Waals surface area (Å²) in [5.41, 5.74) is 0.406. The van der Waals surface area contributed by atoms with Crippen LogP contribution in [-0.4, -0.2) is 35.3 Å². The molecule has 2 amide bonds. The fourth-order valence-electron chi connectivity index (χ4n) is 3.27. The molecule has 5 heteroatoms. The Morgan fingerprint density at radius 3 is 2.62 bits per heavy atom. The summed E-state index contributed by atoms with van der Waals surface area (Å²) < 4.78 is 0. The number of carbonyl (C=O) groups is 2. The van der Waals surface area contributed by atoms with Gasteiger partial charge in [0.2, 0.25) is 5.91 Å². The topological polar surface area (TPSA) is 49.4 Å². The van der Waals surface area contributed by atoms with Gasteiger partial charge in [0.05, 0.1) is 10.6 Å². The van der Waals surface area contributed by atoms with Gasteiger partial charge in [-0.1, -0.05) is 44.5 Å². The van der Waals surface area contributed by atoms with E-state index in [1.165, 1.54) is 6.42 Å². The largest absolute Gasteiger partial charge is 0.340 e. The molecule has 0 aliphatic carbocycles. The summed E-state index contributed by atoms with van der Waals surface area (Å²) in [7, 11) is 0. The van der Waals surface area contributed by atoms with Gasteiger partial charge in [0.15, 0.2) is 0 Å². The second-order valence-electron chi connectivity index (χ2n) is 6.76. The summed E-state index contributed by atoms with van der Waals surface area (Å²) in [4.78, 5) is 27.6. The summed E-state index contributed by atoms with van der Waals surface area (Å²) in [5.74, 6) is -0.252. The highest BCUT2D eigenvalue weighted by molar-refractivity contribution is 6.33. The van der Waals surface area contributed by atoms with E-state index in [0.29, 0.717) is 10.6 Å². The van der Waals surface area contributed by atoms with Gasteiger partial charge in [0.1, 0.15) is 6.04 Å². The van der Waals surface area contributed by atoms with Gasteiger partial charge >= 0.3 is 0 Å². The second kappa shape index (κ2) is 8.52. The Balaban J connectivity index is 2.15. The van der Waals surface area contributed by atoms with Crippen molar-refractivity contribution < 1.29 is 9.59 Å². The number of nitrogens with zero attached hydrogens (tertiary/aromatic N) is 1. The number of benzene rings is 1. The Kier molecular flexibility index (Phi) is 6.67. The fourth-order valence-corrected chi connectivity index (χ4v) is 3.49. The van der Waals surface area contributed by atoms with Crippen LogP contribution < -0.4 is 5.32 Å². The minimum Gasteiger partial charge on any atom is -0.340 e. The van der Waals surface area contributed by atoms with E-state index in [0.717, 1.165) is 25.8 Å². The Bertz CT molecular complexity index is 588. The van der Waals surface area contributed by atoms with Crippen molar-refractivity contribution in [3.05, 3.63) is 34.9 Å². The molecule has 1 fully saturated rings. The highest BCUT2D eigenvalue weighted by Gasteiger charge is 2.33. The predicted octanol–water partition coefficient (Wildman–Crippen LogP) is 3.89. The van der Waals surface area contributed by atoms with Crippen molar-refractivity contribution in [3.63, 3.8) is 0 Å². The summed E-state index contributed by atoms with van der Waals surface area (Å²) >= 11 is 6.10. The highest BCUT2D eigenvalue weighted by atomic mass is 35.5. The molecule has 0 spiro atoms. The second-order valence-corrected chi connectivity index (χ2v) is 7.17. The summed E-state index contributed by atoms with van der Waals surface area (Å²) in [6.07, 6.45) is 4.20. The molecule has 0 aromatic heterocycles. The molecule has 2 atom stereocenters. The van der Waals surface area contributed by atoms with E-state index < -0.39 is 6.04 Å². The molecular weight excluding hydrogens is 324 g/mol. The molecule has 1 heterocycles. The lowest BCUT2D eigenvalue weighted by Gasteiger charge is -2.38. The molecule has 1 aliphatic rings. The number of hydrogen-bond acceptors (Lipinski definition) is 2. The van der Waals surface area contributed by atoms with E-state index in [4.69, 9.17) is 11.6 Å². The molecule has 132 valence electrons. The van der Waals surface area contributed by atoms with Crippen molar-refractivity contribution >= 4 is 23.4 Å². The van der Waals surface area contributed by atoms with E-state index in [1.807, 2.05) is 18.7 Å². The molecule has 2 unspecified atom stereocenters. The van der Waals surface area contributed by atoms with Crippen LogP contribution in [0.25, 0.3) is 0 Å². The Morgan fingerprint density at radius 1 is 1.29 bits per heavy atom. The van der Waals surface area contributed by atoms with E-state index in [1.54, 1.807) is 24.3 Å². The minimum absolute atomic E-state index is 0.0170. The van der Waals surface area contributed by atoms with Crippen LogP contribution in [0.1, 0.15) is 56.8 Å². The van der Waals surface area contributed by atoms with Crippen LogP contribution in [0.2, 0.25) is 5.02 Å².